The fourth-order valence-corrected chi connectivity index (χ4v) is 2.26. The molecule has 0 fully saturated rings. The van der Waals surface area contributed by atoms with Crippen LogP contribution >= 0.6 is 0 Å². The zero-order valence-corrected chi connectivity index (χ0v) is 14.9. The van der Waals surface area contributed by atoms with Gasteiger partial charge in [0.25, 0.3) is 0 Å². The second-order valence-electron chi connectivity index (χ2n) is 5.69. The van der Waals surface area contributed by atoms with Crippen molar-refractivity contribution in [1.82, 2.24) is 5.32 Å². The summed E-state index contributed by atoms with van der Waals surface area (Å²) in [6.07, 6.45) is 1.41. The van der Waals surface area contributed by atoms with E-state index in [1.54, 1.807) is 24.3 Å². The highest BCUT2D eigenvalue weighted by atomic mass is 16.6. The molecular formula is C20H24N2O4. The van der Waals surface area contributed by atoms with Crippen LogP contribution in [0.15, 0.2) is 54.6 Å². The van der Waals surface area contributed by atoms with Gasteiger partial charge in [-0.05, 0) is 37.0 Å². The molecule has 26 heavy (non-hydrogen) atoms. The van der Waals surface area contributed by atoms with Crippen molar-refractivity contribution in [3.05, 3.63) is 60.2 Å². The third-order valence-corrected chi connectivity index (χ3v) is 3.48. The number of carbonyl (C=O) groups is 2. The predicted octanol–water partition coefficient (Wildman–Crippen LogP) is 4.37. The molecule has 0 aliphatic carbocycles. The molecule has 0 unspecified atom stereocenters. The Kier molecular flexibility index (Phi) is 7.99. The topological polar surface area (TPSA) is 76.7 Å². The van der Waals surface area contributed by atoms with Gasteiger partial charge in [-0.25, -0.2) is 9.59 Å². The SMILES string of the molecule is CCCOC(=O)Nc1cccc(OC(=O)NCCCc2ccccc2)c1. The summed E-state index contributed by atoms with van der Waals surface area (Å²) in [7, 11) is 0. The number of hydrogen-bond donors (Lipinski definition) is 2. The van der Waals surface area contributed by atoms with Gasteiger partial charge in [0.1, 0.15) is 5.75 Å². The van der Waals surface area contributed by atoms with E-state index in [9.17, 15) is 9.59 Å². The first-order valence-corrected chi connectivity index (χ1v) is 8.71. The van der Waals surface area contributed by atoms with Gasteiger partial charge in [0.05, 0.1) is 6.61 Å². The lowest BCUT2D eigenvalue weighted by molar-refractivity contribution is 0.161. The minimum absolute atomic E-state index is 0.346. The Morgan fingerprint density at radius 3 is 2.58 bits per heavy atom. The van der Waals surface area contributed by atoms with Gasteiger partial charge < -0.3 is 14.8 Å². The zero-order valence-electron chi connectivity index (χ0n) is 14.9. The van der Waals surface area contributed by atoms with Crippen molar-refractivity contribution in [2.24, 2.45) is 0 Å². The van der Waals surface area contributed by atoms with E-state index in [0.29, 0.717) is 24.6 Å². The fraction of sp³-hybridized carbons (Fsp3) is 0.300. The summed E-state index contributed by atoms with van der Waals surface area (Å²) >= 11 is 0. The summed E-state index contributed by atoms with van der Waals surface area (Å²) < 4.78 is 10.2. The van der Waals surface area contributed by atoms with E-state index >= 15 is 0 Å². The number of amides is 2. The number of anilines is 1. The molecule has 0 atom stereocenters. The Hall–Kier alpha value is -3.02. The first kappa shape index (κ1) is 19.3. The van der Waals surface area contributed by atoms with Crippen LogP contribution in [0.25, 0.3) is 0 Å². The normalized spacial score (nSPS) is 10.0. The van der Waals surface area contributed by atoms with E-state index in [-0.39, 0.29) is 0 Å². The highest BCUT2D eigenvalue weighted by Gasteiger charge is 2.07. The molecule has 138 valence electrons. The number of aryl methyl sites for hydroxylation is 1. The van der Waals surface area contributed by atoms with Gasteiger partial charge in [0.15, 0.2) is 0 Å². The predicted molar refractivity (Wildman–Crippen MR) is 100 cm³/mol. The molecule has 0 saturated heterocycles. The van der Waals surface area contributed by atoms with Crippen molar-refractivity contribution in [3.63, 3.8) is 0 Å². The van der Waals surface area contributed by atoms with Crippen molar-refractivity contribution in [3.8, 4) is 5.75 Å². The molecule has 2 amide bonds. The quantitative estimate of drug-likeness (QED) is 0.689. The van der Waals surface area contributed by atoms with E-state index in [2.05, 4.69) is 22.8 Å². The van der Waals surface area contributed by atoms with Gasteiger partial charge in [0.2, 0.25) is 0 Å². The van der Waals surface area contributed by atoms with Gasteiger partial charge >= 0.3 is 12.2 Å². The molecule has 0 heterocycles. The van der Waals surface area contributed by atoms with Gasteiger partial charge in [0, 0.05) is 18.3 Å². The first-order chi connectivity index (χ1) is 12.7. The summed E-state index contributed by atoms with van der Waals surface area (Å²) in [6.45, 7) is 2.79. The van der Waals surface area contributed by atoms with Gasteiger partial charge in [-0.3, -0.25) is 5.32 Å². The fourth-order valence-electron chi connectivity index (χ4n) is 2.26. The highest BCUT2D eigenvalue weighted by Crippen LogP contribution is 2.17. The second-order valence-corrected chi connectivity index (χ2v) is 5.69. The Morgan fingerprint density at radius 2 is 1.81 bits per heavy atom. The summed E-state index contributed by atoms with van der Waals surface area (Å²) in [4.78, 5) is 23.4. The van der Waals surface area contributed by atoms with Gasteiger partial charge in [-0.15, -0.1) is 0 Å². The van der Waals surface area contributed by atoms with E-state index in [1.807, 2.05) is 25.1 Å². The molecule has 0 saturated carbocycles. The monoisotopic (exact) mass is 356 g/mol. The lowest BCUT2D eigenvalue weighted by Crippen LogP contribution is -2.28. The van der Waals surface area contributed by atoms with Gasteiger partial charge in [-0.2, -0.15) is 0 Å². The highest BCUT2D eigenvalue weighted by molar-refractivity contribution is 5.85. The number of hydrogen-bond acceptors (Lipinski definition) is 4. The summed E-state index contributed by atoms with van der Waals surface area (Å²) in [5, 5.41) is 5.30. The molecule has 0 aliphatic heterocycles. The minimum Gasteiger partial charge on any atom is -0.449 e. The maximum atomic E-state index is 11.9. The Labute approximate surface area is 153 Å². The van der Waals surface area contributed by atoms with Crippen LogP contribution < -0.4 is 15.4 Å². The molecule has 0 spiro atoms. The van der Waals surface area contributed by atoms with Crippen molar-refractivity contribution in [1.29, 1.82) is 0 Å². The van der Waals surface area contributed by atoms with Gasteiger partial charge in [-0.1, -0.05) is 43.3 Å². The lowest BCUT2D eigenvalue weighted by Gasteiger charge is -2.09. The number of benzene rings is 2. The van der Waals surface area contributed by atoms with E-state index in [4.69, 9.17) is 9.47 Å². The molecule has 0 radical (unpaired) electrons. The third kappa shape index (κ3) is 7.25. The number of rotatable bonds is 8. The summed E-state index contributed by atoms with van der Waals surface area (Å²) in [5.41, 5.74) is 1.73. The molecular weight excluding hydrogens is 332 g/mol. The number of nitrogens with one attached hydrogen (secondary N) is 2. The van der Waals surface area contributed by atoms with E-state index < -0.39 is 12.2 Å². The van der Waals surface area contributed by atoms with Crippen molar-refractivity contribution >= 4 is 17.9 Å². The number of ether oxygens (including phenoxy) is 2. The molecule has 6 heteroatoms. The Bertz CT molecular complexity index is 704. The van der Waals surface area contributed by atoms with Crippen molar-refractivity contribution in [2.75, 3.05) is 18.5 Å². The molecule has 6 nitrogen and oxygen atoms in total. The average molecular weight is 356 g/mol. The molecule has 2 rings (SSSR count). The third-order valence-electron chi connectivity index (χ3n) is 3.48. The maximum absolute atomic E-state index is 11.9. The van der Waals surface area contributed by atoms with E-state index in [0.717, 1.165) is 19.3 Å². The van der Waals surface area contributed by atoms with E-state index in [1.165, 1.54) is 5.56 Å². The van der Waals surface area contributed by atoms with Crippen LogP contribution in [-0.4, -0.2) is 25.3 Å². The molecule has 0 aliphatic rings. The van der Waals surface area contributed by atoms with Crippen LogP contribution in [0.2, 0.25) is 0 Å². The Morgan fingerprint density at radius 1 is 1.00 bits per heavy atom. The van der Waals surface area contributed by atoms with Crippen LogP contribution in [0, 0.1) is 0 Å². The standard InChI is InChI=1S/C20H24N2O4/c1-2-14-25-20(24)22-17-11-6-12-18(15-17)26-19(23)21-13-7-10-16-8-4-3-5-9-16/h3-6,8-9,11-12,15H,2,7,10,13-14H2,1H3,(H,21,23)(H,22,24). The lowest BCUT2D eigenvalue weighted by atomic mass is 10.1. The summed E-state index contributed by atoms with van der Waals surface area (Å²) in [5.74, 6) is 0.346. The van der Waals surface area contributed by atoms with Crippen LogP contribution in [0.4, 0.5) is 15.3 Å². The summed E-state index contributed by atoms with van der Waals surface area (Å²) in [6, 6.07) is 16.7. The smallest absolute Gasteiger partial charge is 0.412 e. The molecule has 2 N–H and O–H groups in total. The molecule has 2 aromatic rings. The molecule has 0 bridgehead atoms. The number of carbonyl (C=O) groups excluding carboxylic acids is 2. The Balaban J connectivity index is 1.72. The minimum atomic E-state index is -0.533. The van der Waals surface area contributed by atoms with Crippen LogP contribution in [0.5, 0.6) is 5.75 Å². The largest absolute Gasteiger partial charge is 0.449 e. The van der Waals surface area contributed by atoms with Crippen LogP contribution in [-0.2, 0) is 11.2 Å². The van der Waals surface area contributed by atoms with Crippen molar-refractivity contribution in [2.45, 2.75) is 26.2 Å². The van der Waals surface area contributed by atoms with Crippen molar-refractivity contribution < 1.29 is 19.1 Å². The zero-order chi connectivity index (χ0) is 18.6. The second kappa shape index (κ2) is 10.8. The molecule has 0 aromatic heterocycles. The average Bonchev–Trinajstić information content (AvgIpc) is 2.65. The molecule has 2 aromatic carbocycles. The van der Waals surface area contributed by atoms with Crippen LogP contribution in [0.1, 0.15) is 25.3 Å². The maximum Gasteiger partial charge on any atom is 0.412 e. The van der Waals surface area contributed by atoms with Crippen LogP contribution in [0.3, 0.4) is 0 Å². The first-order valence-electron chi connectivity index (χ1n) is 8.71.